The predicted octanol–water partition coefficient (Wildman–Crippen LogP) is 0.0559. The number of rotatable bonds is 6. The van der Waals surface area contributed by atoms with Crippen molar-refractivity contribution in [3.63, 3.8) is 0 Å². The van der Waals surface area contributed by atoms with Crippen LogP contribution in [0.5, 0.6) is 0 Å². The van der Waals surface area contributed by atoms with Gasteiger partial charge < -0.3 is 14.5 Å². The van der Waals surface area contributed by atoms with E-state index < -0.39 is 15.6 Å². The molecule has 0 aliphatic carbocycles. The summed E-state index contributed by atoms with van der Waals surface area (Å²) in [6.45, 7) is 3.07. The molecule has 0 amide bonds. The lowest BCUT2D eigenvalue weighted by Crippen LogP contribution is -2.45. The number of methoxy groups -OCH3 is 1. The van der Waals surface area contributed by atoms with Crippen LogP contribution in [0, 0.1) is 0 Å². The van der Waals surface area contributed by atoms with Gasteiger partial charge in [0.2, 0.25) is 0 Å². The lowest BCUT2D eigenvalue weighted by Gasteiger charge is -2.25. The molecule has 1 fully saturated rings. The van der Waals surface area contributed by atoms with Crippen molar-refractivity contribution >= 4 is 10.0 Å². The number of nitrogens with zero attached hydrogens (tertiary/aromatic N) is 1. The summed E-state index contributed by atoms with van der Waals surface area (Å²) in [5, 5.41) is 0.0783. The Morgan fingerprint density at radius 1 is 1.63 bits per heavy atom. The zero-order chi connectivity index (χ0) is 13.9. The number of nitrogens with one attached hydrogen (secondary N) is 2. The van der Waals surface area contributed by atoms with Gasteiger partial charge in [0.15, 0.2) is 5.03 Å². The summed E-state index contributed by atoms with van der Waals surface area (Å²) in [7, 11) is -2.02. The number of ether oxygens (including phenoxy) is 2. The van der Waals surface area contributed by atoms with Crippen molar-refractivity contribution in [3.05, 3.63) is 12.0 Å². The molecule has 2 rings (SSSR count). The van der Waals surface area contributed by atoms with Crippen LogP contribution in [-0.2, 0) is 25.9 Å². The average molecular weight is 289 g/mol. The molecule has 1 aliphatic heterocycles. The zero-order valence-corrected chi connectivity index (χ0v) is 11.9. The molecule has 7 nitrogen and oxygen atoms in total. The second-order valence-corrected chi connectivity index (χ2v) is 6.30. The van der Waals surface area contributed by atoms with E-state index in [0.717, 1.165) is 0 Å². The number of aromatic amines is 1. The van der Waals surface area contributed by atoms with Crippen molar-refractivity contribution in [3.8, 4) is 0 Å². The van der Waals surface area contributed by atoms with Crippen molar-refractivity contribution in [2.24, 2.45) is 0 Å². The molecular weight excluding hydrogens is 270 g/mol. The molecule has 1 atom stereocenters. The third kappa shape index (κ3) is 3.14. The second kappa shape index (κ2) is 5.58. The van der Waals surface area contributed by atoms with E-state index in [1.165, 1.54) is 6.20 Å². The summed E-state index contributed by atoms with van der Waals surface area (Å²) in [6.07, 6.45) is 2.66. The fourth-order valence-corrected chi connectivity index (χ4v) is 2.98. The lowest BCUT2D eigenvalue weighted by molar-refractivity contribution is -0.0120. The zero-order valence-electron chi connectivity index (χ0n) is 11.1. The van der Waals surface area contributed by atoms with Crippen LogP contribution in [0.4, 0.5) is 0 Å². The molecule has 0 bridgehead atoms. The molecule has 19 heavy (non-hydrogen) atoms. The van der Waals surface area contributed by atoms with Crippen molar-refractivity contribution in [2.45, 2.75) is 30.4 Å². The summed E-state index contributed by atoms with van der Waals surface area (Å²) in [5.41, 5.74) is -0.569. The Bertz CT molecular complexity index is 520. The molecule has 0 radical (unpaired) electrons. The topological polar surface area (TPSA) is 93.3 Å². The Kier molecular flexibility index (Phi) is 4.24. The minimum Gasteiger partial charge on any atom is -0.378 e. The van der Waals surface area contributed by atoms with Crippen molar-refractivity contribution in [1.82, 2.24) is 14.7 Å². The minimum absolute atomic E-state index is 0.0783. The average Bonchev–Trinajstić information content (AvgIpc) is 3.06. The summed E-state index contributed by atoms with van der Waals surface area (Å²) in [6, 6.07) is 0. The van der Waals surface area contributed by atoms with E-state index in [4.69, 9.17) is 9.47 Å². The second-order valence-electron chi connectivity index (χ2n) is 4.56. The van der Waals surface area contributed by atoms with Gasteiger partial charge in [-0.05, 0) is 0 Å². The third-order valence-corrected chi connectivity index (χ3v) is 4.62. The first-order valence-corrected chi connectivity index (χ1v) is 7.66. The molecule has 1 unspecified atom stereocenters. The van der Waals surface area contributed by atoms with Crippen molar-refractivity contribution in [2.75, 3.05) is 26.9 Å². The smallest absolute Gasteiger partial charge is 0.257 e. The highest BCUT2D eigenvalue weighted by Gasteiger charge is 2.36. The van der Waals surface area contributed by atoms with Crippen LogP contribution in [0.2, 0.25) is 0 Å². The molecule has 1 aromatic rings. The van der Waals surface area contributed by atoms with Gasteiger partial charge in [-0.25, -0.2) is 18.1 Å². The van der Waals surface area contributed by atoms with E-state index in [1.807, 2.05) is 6.92 Å². The molecule has 2 heterocycles. The number of aryl methyl sites for hydroxylation is 1. The van der Waals surface area contributed by atoms with Gasteiger partial charge in [0.05, 0.1) is 12.8 Å². The Morgan fingerprint density at radius 3 is 2.95 bits per heavy atom. The number of hydrogen-bond donors (Lipinski definition) is 2. The van der Waals surface area contributed by atoms with E-state index in [-0.39, 0.29) is 11.6 Å². The maximum absolute atomic E-state index is 12.1. The molecule has 0 spiro atoms. The molecule has 1 aliphatic rings. The first-order valence-electron chi connectivity index (χ1n) is 6.18. The summed E-state index contributed by atoms with van der Waals surface area (Å²) in [5.74, 6) is 0.644. The first-order chi connectivity index (χ1) is 9.01. The highest BCUT2D eigenvalue weighted by Crippen LogP contribution is 2.22. The Labute approximate surface area is 112 Å². The monoisotopic (exact) mass is 289 g/mol. The van der Waals surface area contributed by atoms with E-state index in [2.05, 4.69) is 14.7 Å². The standard InChI is InChI=1S/C11H19N3O4S/c1-3-9-12-6-10(14-9)19(15,16)13-7-11(17-2)4-5-18-8-11/h6,13H,3-5,7-8H2,1-2H3,(H,12,14). The van der Waals surface area contributed by atoms with Gasteiger partial charge in [0, 0.05) is 33.1 Å². The van der Waals surface area contributed by atoms with Crippen LogP contribution in [0.15, 0.2) is 11.2 Å². The summed E-state index contributed by atoms with van der Waals surface area (Å²) in [4.78, 5) is 6.76. The molecule has 108 valence electrons. The minimum atomic E-state index is -3.59. The first kappa shape index (κ1) is 14.4. The number of imidazole rings is 1. The van der Waals surface area contributed by atoms with E-state index >= 15 is 0 Å². The molecule has 0 saturated carbocycles. The molecule has 1 aromatic heterocycles. The SMILES string of the molecule is CCc1ncc(S(=O)(=O)NCC2(OC)CCOC2)[nH]1. The largest absolute Gasteiger partial charge is 0.378 e. The highest BCUT2D eigenvalue weighted by atomic mass is 32.2. The molecule has 2 N–H and O–H groups in total. The molecule has 0 aromatic carbocycles. The number of hydrogen-bond acceptors (Lipinski definition) is 5. The highest BCUT2D eigenvalue weighted by molar-refractivity contribution is 7.89. The van der Waals surface area contributed by atoms with Crippen LogP contribution in [0.1, 0.15) is 19.2 Å². The van der Waals surface area contributed by atoms with E-state index in [0.29, 0.717) is 31.9 Å². The maximum atomic E-state index is 12.1. The third-order valence-electron chi connectivity index (χ3n) is 3.31. The van der Waals surface area contributed by atoms with Gasteiger partial charge in [0.25, 0.3) is 10.0 Å². The van der Waals surface area contributed by atoms with Crippen LogP contribution in [0.3, 0.4) is 0 Å². The molecular formula is C11H19N3O4S. The van der Waals surface area contributed by atoms with Gasteiger partial charge in [-0.2, -0.15) is 0 Å². The fraction of sp³-hybridized carbons (Fsp3) is 0.727. The van der Waals surface area contributed by atoms with E-state index in [9.17, 15) is 8.42 Å². The quantitative estimate of drug-likeness (QED) is 0.772. The van der Waals surface area contributed by atoms with Crippen LogP contribution >= 0.6 is 0 Å². The molecule has 1 saturated heterocycles. The van der Waals surface area contributed by atoms with Crippen molar-refractivity contribution < 1.29 is 17.9 Å². The number of H-pyrrole nitrogens is 1. The normalized spacial score (nSPS) is 23.9. The number of aromatic nitrogens is 2. The maximum Gasteiger partial charge on any atom is 0.257 e. The van der Waals surface area contributed by atoms with Crippen LogP contribution in [0.25, 0.3) is 0 Å². The van der Waals surface area contributed by atoms with Gasteiger partial charge >= 0.3 is 0 Å². The molecule has 8 heteroatoms. The Hall–Kier alpha value is -0.960. The van der Waals surface area contributed by atoms with Gasteiger partial charge in [-0.1, -0.05) is 6.92 Å². The summed E-state index contributed by atoms with van der Waals surface area (Å²) < 4.78 is 37.4. The predicted molar refractivity (Wildman–Crippen MR) is 68.3 cm³/mol. The number of sulfonamides is 1. The van der Waals surface area contributed by atoms with Crippen LogP contribution in [-0.4, -0.2) is 50.9 Å². The fourth-order valence-electron chi connectivity index (χ4n) is 1.92. The van der Waals surface area contributed by atoms with Gasteiger partial charge in [0.1, 0.15) is 11.4 Å². The van der Waals surface area contributed by atoms with Crippen molar-refractivity contribution in [1.29, 1.82) is 0 Å². The lowest BCUT2D eigenvalue weighted by atomic mass is 10.0. The summed E-state index contributed by atoms with van der Waals surface area (Å²) >= 11 is 0. The van der Waals surface area contributed by atoms with Crippen LogP contribution < -0.4 is 4.72 Å². The Morgan fingerprint density at radius 2 is 2.42 bits per heavy atom. The van der Waals surface area contributed by atoms with E-state index in [1.54, 1.807) is 7.11 Å². The Balaban J connectivity index is 2.05. The van der Waals surface area contributed by atoms with Gasteiger partial charge in [-0.15, -0.1) is 0 Å². The van der Waals surface area contributed by atoms with Gasteiger partial charge in [-0.3, -0.25) is 0 Å².